The maximum atomic E-state index is 11.4. The maximum Gasteiger partial charge on any atom is 0.164 e. The van der Waals surface area contributed by atoms with E-state index in [1.54, 1.807) is 0 Å². The molecular formula is C9H10INO. The lowest BCUT2D eigenvalue weighted by molar-refractivity contribution is 0.0972. The summed E-state index contributed by atoms with van der Waals surface area (Å²) in [5.74, 6) is 0.315. The molecule has 0 unspecified atom stereocenters. The van der Waals surface area contributed by atoms with Gasteiger partial charge >= 0.3 is 0 Å². The van der Waals surface area contributed by atoms with Crippen molar-refractivity contribution in [2.24, 2.45) is 7.05 Å². The second-order valence-corrected chi connectivity index (χ2v) is 4.27. The van der Waals surface area contributed by atoms with Gasteiger partial charge in [-0.05, 0) is 41.5 Å². The first-order valence-electron chi connectivity index (χ1n) is 4.07. The van der Waals surface area contributed by atoms with Gasteiger partial charge in [0.25, 0.3) is 0 Å². The Morgan fingerprint density at radius 1 is 1.50 bits per heavy atom. The third-order valence-corrected chi connectivity index (χ3v) is 3.45. The van der Waals surface area contributed by atoms with Crippen molar-refractivity contribution in [3.63, 3.8) is 0 Å². The predicted octanol–water partition coefficient (Wildman–Crippen LogP) is 2.15. The first-order chi connectivity index (χ1) is 5.70. The van der Waals surface area contributed by atoms with Gasteiger partial charge in [-0.1, -0.05) is 0 Å². The van der Waals surface area contributed by atoms with Gasteiger partial charge in [0.2, 0.25) is 0 Å². The number of hydrogen-bond acceptors (Lipinski definition) is 1. The Morgan fingerprint density at radius 2 is 2.25 bits per heavy atom. The fraction of sp³-hybridized carbons (Fsp3) is 0.444. The number of halogens is 1. The van der Waals surface area contributed by atoms with E-state index < -0.39 is 0 Å². The summed E-state index contributed by atoms with van der Waals surface area (Å²) in [6.07, 6.45) is 2.80. The lowest BCUT2D eigenvalue weighted by Crippen LogP contribution is -2.11. The number of ketones is 1. The van der Waals surface area contributed by atoms with Crippen LogP contribution in [-0.4, -0.2) is 10.4 Å². The molecule has 0 radical (unpaired) electrons. The molecule has 0 aliphatic heterocycles. The quantitative estimate of drug-likeness (QED) is 0.665. The molecule has 2 nitrogen and oxygen atoms in total. The van der Waals surface area contributed by atoms with Crippen LogP contribution in [0.2, 0.25) is 0 Å². The predicted molar refractivity (Wildman–Crippen MR) is 55.4 cm³/mol. The van der Waals surface area contributed by atoms with Crippen molar-refractivity contribution in [2.45, 2.75) is 19.3 Å². The Balaban J connectivity index is 2.60. The fourth-order valence-electron chi connectivity index (χ4n) is 1.70. The zero-order valence-corrected chi connectivity index (χ0v) is 9.09. The molecule has 0 N–H and O–H groups in total. The number of carbonyl (C=O) groups is 1. The number of rotatable bonds is 0. The van der Waals surface area contributed by atoms with Crippen LogP contribution in [0.4, 0.5) is 0 Å². The SMILES string of the molecule is Cn1c(I)cc2c1CCCC2=O. The average molecular weight is 275 g/mol. The molecule has 0 amide bonds. The van der Waals surface area contributed by atoms with Crippen LogP contribution in [0.1, 0.15) is 28.9 Å². The van der Waals surface area contributed by atoms with E-state index in [-0.39, 0.29) is 0 Å². The van der Waals surface area contributed by atoms with Gasteiger partial charge in [0.1, 0.15) is 0 Å². The van der Waals surface area contributed by atoms with Crippen LogP contribution in [0.5, 0.6) is 0 Å². The van der Waals surface area contributed by atoms with Crippen LogP contribution in [0.15, 0.2) is 6.07 Å². The second kappa shape index (κ2) is 2.87. The van der Waals surface area contributed by atoms with Crippen LogP contribution in [-0.2, 0) is 13.5 Å². The minimum atomic E-state index is 0.315. The molecule has 1 heterocycles. The number of fused-ring (bicyclic) bond motifs is 1. The van der Waals surface area contributed by atoms with E-state index in [4.69, 9.17) is 0 Å². The van der Waals surface area contributed by atoms with Gasteiger partial charge in [0.15, 0.2) is 5.78 Å². The van der Waals surface area contributed by atoms with E-state index in [9.17, 15) is 4.79 Å². The molecule has 0 atom stereocenters. The number of carbonyl (C=O) groups excluding carboxylic acids is 1. The molecule has 0 spiro atoms. The summed E-state index contributed by atoms with van der Waals surface area (Å²) in [6, 6.07) is 2.00. The first-order valence-corrected chi connectivity index (χ1v) is 5.15. The normalized spacial score (nSPS) is 16.3. The number of aromatic nitrogens is 1. The summed E-state index contributed by atoms with van der Waals surface area (Å²) in [7, 11) is 2.03. The van der Waals surface area contributed by atoms with E-state index in [2.05, 4.69) is 27.2 Å². The third kappa shape index (κ3) is 1.11. The Kier molecular flexibility index (Phi) is 1.98. The molecule has 0 fully saturated rings. The second-order valence-electron chi connectivity index (χ2n) is 3.16. The average Bonchev–Trinajstić information content (AvgIpc) is 2.32. The van der Waals surface area contributed by atoms with Gasteiger partial charge < -0.3 is 4.57 Å². The van der Waals surface area contributed by atoms with Crippen LogP contribution in [0.25, 0.3) is 0 Å². The number of nitrogens with zero attached hydrogens (tertiary/aromatic N) is 1. The Bertz CT molecular complexity index is 341. The fourth-order valence-corrected chi connectivity index (χ4v) is 2.31. The van der Waals surface area contributed by atoms with Crippen LogP contribution < -0.4 is 0 Å². The molecule has 1 aliphatic rings. The van der Waals surface area contributed by atoms with Gasteiger partial charge in [0.05, 0.1) is 3.70 Å². The summed E-state index contributed by atoms with van der Waals surface area (Å²) in [5, 5.41) is 0. The first kappa shape index (κ1) is 8.29. The van der Waals surface area contributed by atoms with E-state index in [0.717, 1.165) is 28.5 Å². The highest BCUT2D eigenvalue weighted by Gasteiger charge is 2.21. The summed E-state index contributed by atoms with van der Waals surface area (Å²) in [5.41, 5.74) is 2.17. The Labute approximate surface area is 85.1 Å². The minimum absolute atomic E-state index is 0.315. The van der Waals surface area contributed by atoms with Crippen molar-refractivity contribution in [3.05, 3.63) is 21.0 Å². The molecule has 3 heteroatoms. The summed E-state index contributed by atoms with van der Waals surface area (Å²) >= 11 is 2.27. The molecule has 64 valence electrons. The van der Waals surface area contributed by atoms with Gasteiger partial charge in [-0.15, -0.1) is 0 Å². The van der Waals surface area contributed by atoms with Gasteiger partial charge in [-0.2, -0.15) is 0 Å². The van der Waals surface area contributed by atoms with E-state index in [1.807, 2.05) is 13.1 Å². The number of Topliss-reactive ketones (excluding diaryl/α,β-unsaturated/α-hetero) is 1. The summed E-state index contributed by atoms with van der Waals surface area (Å²) in [6.45, 7) is 0. The summed E-state index contributed by atoms with van der Waals surface area (Å²) < 4.78 is 3.28. The molecule has 1 aliphatic carbocycles. The summed E-state index contributed by atoms with van der Waals surface area (Å²) in [4.78, 5) is 11.4. The highest BCUT2D eigenvalue weighted by atomic mass is 127. The van der Waals surface area contributed by atoms with E-state index in [1.165, 1.54) is 5.69 Å². The Hall–Kier alpha value is -0.320. The van der Waals surface area contributed by atoms with Gasteiger partial charge in [0, 0.05) is 24.7 Å². The van der Waals surface area contributed by atoms with Gasteiger partial charge in [-0.3, -0.25) is 4.79 Å². The lowest BCUT2D eigenvalue weighted by Gasteiger charge is -2.11. The molecule has 0 saturated heterocycles. The van der Waals surface area contributed by atoms with E-state index in [0.29, 0.717) is 5.78 Å². The smallest absolute Gasteiger partial charge is 0.164 e. The zero-order chi connectivity index (χ0) is 8.72. The zero-order valence-electron chi connectivity index (χ0n) is 6.93. The van der Waals surface area contributed by atoms with Crippen molar-refractivity contribution in [1.82, 2.24) is 4.57 Å². The maximum absolute atomic E-state index is 11.4. The largest absolute Gasteiger partial charge is 0.343 e. The lowest BCUT2D eigenvalue weighted by atomic mass is 9.97. The molecular weight excluding hydrogens is 265 g/mol. The Morgan fingerprint density at radius 3 is 2.92 bits per heavy atom. The highest BCUT2D eigenvalue weighted by Crippen LogP contribution is 2.24. The van der Waals surface area contributed by atoms with Crippen molar-refractivity contribution in [1.29, 1.82) is 0 Å². The third-order valence-electron chi connectivity index (χ3n) is 2.42. The van der Waals surface area contributed by atoms with Crippen LogP contribution in [0.3, 0.4) is 0 Å². The molecule has 1 aromatic rings. The number of hydrogen-bond donors (Lipinski definition) is 0. The van der Waals surface area contributed by atoms with Crippen molar-refractivity contribution >= 4 is 28.4 Å². The van der Waals surface area contributed by atoms with Crippen molar-refractivity contribution in [2.75, 3.05) is 0 Å². The minimum Gasteiger partial charge on any atom is -0.343 e. The van der Waals surface area contributed by atoms with Crippen LogP contribution in [0, 0.1) is 3.70 Å². The molecule has 1 aromatic heterocycles. The molecule has 0 saturated carbocycles. The molecule has 12 heavy (non-hydrogen) atoms. The molecule has 2 rings (SSSR count). The molecule has 0 aromatic carbocycles. The standard InChI is InChI=1S/C9H10INO/c1-11-7-3-2-4-8(12)6(7)5-9(11)10/h5H,2-4H2,1H3. The monoisotopic (exact) mass is 275 g/mol. The van der Waals surface area contributed by atoms with Crippen LogP contribution >= 0.6 is 22.6 Å². The van der Waals surface area contributed by atoms with Gasteiger partial charge in [-0.25, -0.2) is 0 Å². The van der Waals surface area contributed by atoms with Crippen molar-refractivity contribution in [3.8, 4) is 0 Å². The topological polar surface area (TPSA) is 22.0 Å². The molecule has 0 bridgehead atoms. The van der Waals surface area contributed by atoms with Crippen molar-refractivity contribution < 1.29 is 4.79 Å². The van der Waals surface area contributed by atoms with E-state index >= 15 is 0 Å². The highest BCUT2D eigenvalue weighted by molar-refractivity contribution is 14.1.